The third-order valence-electron chi connectivity index (χ3n) is 3.87. The largest absolute Gasteiger partial charge is 0.497 e. The van der Waals surface area contributed by atoms with Crippen molar-refractivity contribution in [3.05, 3.63) is 54.6 Å². The number of hydrogen-bond acceptors (Lipinski definition) is 6. The van der Waals surface area contributed by atoms with Crippen molar-refractivity contribution < 1.29 is 23.7 Å². The summed E-state index contributed by atoms with van der Waals surface area (Å²) in [6.45, 7) is 4.05. The molecule has 1 aliphatic rings. The van der Waals surface area contributed by atoms with Crippen LogP contribution in [0.3, 0.4) is 0 Å². The molecule has 0 saturated carbocycles. The van der Waals surface area contributed by atoms with Crippen molar-refractivity contribution in [2.45, 2.75) is 6.10 Å². The van der Waals surface area contributed by atoms with E-state index in [9.17, 15) is 4.79 Å². The van der Waals surface area contributed by atoms with Crippen LogP contribution < -0.4 is 29.8 Å². The Morgan fingerprint density at radius 3 is 2.62 bits per heavy atom. The second-order valence-electron chi connectivity index (χ2n) is 5.52. The quantitative estimate of drug-likeness (QED) is 0.772. The van der Waals surface area contributed by atoms with E-state index in [1.807, 2.05) is 12.1 Å². The molecule has 1 atom stereocenters. The molecule has 1 aliphatic heterocycles. The fourth-order valence-corrected chi connectivity index (χ4v) is 2.48. The van der Waals surface area contributed by atoms with Gasteiger partial charge < -0.3 is 18.9 Å². The number of hydrazine groups is 1. The Morgan fingerprint density at radius 2 is 1.88 bits per heavy atom. The predicted molar refractivity (Wildman–Crippen MR) is 96.2 cm³/mol. The monoisotopic (exact) mass is 356 g/mol. The molecule has 2 N–H and O–H groups in total. The first-order valence-electron chi connectivity index (χ1n) is 7.98. The van der Waals surface area contributed by atoms with Crippen LogP contribution in [0, 0.1) is 0 Å². The lowest BCUT2D eigenvalue weighted by atomic mass is 10.1. The van der Waals surface area contributed by atoms with Crippen LogP contribution in [0.1, 0.15) is 5.56 Å². The van der Waals surface area contributed by atoms with Crippen LogP contribution in [0.25, 0.3) is 5.70 Å². The minimum atomic E-state index is -0.761. The minimum Gasteiger partial charge on any atom is -0.497 e. The van der Waals surface area contributed by atoms with Gasteiger partial charge in [-0.1, -0.05) is 18.7 Å². The molecule has 0 bridgehead atoms. The summed E-state index contributed by atoms with van der Waals surface area (Å²) in [5, 5.41) is 0. The normalized spacial score (nSPS) is 14.9. The summed E-state index contributed by atoms with van der Waals surface area (Å²) < 4.78 is 21.7. The number of methoxy groups -OCH3 is 2. The summed E-state index contributed by atoms with van der Waals surface area (Å²) >= 11 is 0. The van der Waals surface area contributed by atoms with Crippen molar-refractivity contribution in [3.63, 3.8) is 0 Å². The van der Waals surface area contributed by atoms with Crippen LogP contribution >= 0.6 is 0 Å². The molecule has 0 spiro atoms. The predicted octanol–water partition coefficient (Wildman–Crippen LogP) is 2.14. The Bertz CT molecular complexity index is 821. The van der Waals surface area contributed by atoms with E-state index in [1.165, 1.54) is 0 Å². The third-order valence-corrected chi connectivity index (χ3v) is 3.87. The highest BCUT2D eigenvalue weighted by atomic mass is 16.6. The Labute approximate surface area is 151 Å². The SMILES string of the molecule is C=C(NNC(=O)[C@@H]1COc2ccccc2O1)c1ccc(OC)cc1OC. The van der Waals surface area contributed by atoms with Crippen LogP contribution in [0.5, 0.6) is 23.0 Å². The molecule has 0 aliphatic carbocycles. The average Bonchev–Trinajstić information content (AvgIpc) is 2.70. The fourth-order valence-electron chi connectivity index (χ4n) is 2.48. The van der Waals surface area contributed by atoms with Gasteiger partial charge >= 0.3 is 0 Å². The molecule has 3 rings (SSSR count). The number of ether oxygens (including phenoxy) is 4. The van der Waals surface area contributed by atoms with Gasteiger partial charge in [0.05, 0.1) is 19.9 Å². The zero-order valence-corrected chi connectivity index (χ0v) is 14.6. The third kappa shape index (κ3) is 3.66. The highest BCUT2D eigenvalue weighted by molar-refractivity contribution is 5.82. The molecule has 26 heavy (non-hydrogen) atoms. The first-order chi connectivity index (χ1) is 12.6. The zero-order valence-electron chi connectivity index (χ0n) is 14.6. The van der Waals surface area contributed by atoms with Crippen molar-refractivity contribution in [1.82, 2.24) is 10.9 Å². The highest BCUT2D eigenvalue weighted by Gasteiger charge is 2.27. The van der Waals surface area contributed by atoms with Gasteiger partial charge in [-0.25, -0.2) is 0 Å². The van der Waals surface area contributed by atoms with Gasteiger partial charge in [0.1, 0.15) is 18.1 Å². The van der Waals surface area contributed by atoms with Crippen molar-refractivity contribution >= 4 is 11.6 Å². The van der Waals surface area contributed by atoms with Crippen LogP contribution in [0.15, 0.2) is 49.0 Å². The molecule has 1 heterocycles. The van der Waals surface area contributed by atoms with Gasteiger partial charge in [0.25, 0.3) is 5.91 Å². The van der Waals surface area contributed by atoms with Crippen LogP contribution in [0.2, 0.25) is 0 Å². The summed E-state index contributed by atoms with van der Waals surface area (Å²) in [6, 6.07) is 12.5. The number of para-hydroxylation sites is 2. The number of amides is 1. The maximum absolute atomic E-state index is 12.3. The molecule has 136 valence electrons. The van der Waals surface area contributed by atoms with Crippen molar-refractivity contribution in [1.29, 1.82) is 0 Å². The number of carbonyl (C=O) groups is 1. The van der Waals surface area contributed by atoms with Gasteiger partial charge in [-0.05, 0) is 24.3 Å². The topological polar surface area (TPSA) is 78.1 Å². The molecule has 0 unspecified atom stereocenters. The molecule has 7 heteroatoms. The molecule has 0 fully saturated rings. The maximum atomic E-state index is 12.3. The standard InChI is InChI=1S/C19H20N2O5/c1-12(14-9-8-13(23-2)10-17(14)24-3)20-21-19(22)18-11-25-15-6-4-5-7-16(15)26-18/h4-10,18,20H,1,11H2,2-3H3,(H,21,22)/t18-/m0/s1. The smallest absolute Gasteiger partial charge is 0.282 e. The highest BCUT2D eigenvalue weighted by Crippen LogP contribution is 2.31. The maximum Gasteiger partial charge on any atom is 0.282 e. The average molecular weight is 356 g/mol. The van der Waals surface area contributed by atoms with Crippen LogP contribution in [-0.2, 0) is 4.79 Å². The van der Waals surface area contributed by atoms with Gasteiger partial charge in [0.2, 0.25) is 6.10 Å². The van der Waals surface area contributed by atoms with Gasteiger partial charge in [-0.15, -0.1) is 0 Å². The lowest BCUT2D eigenvalue weighted by Crippen LogP contribution is -2.48. The number of nitrogens with one attached hydrogen (secondary N) is 2. The molecule has 2 aromatic rings. The Morgan fingerprint density at radius 1 is 1.12 bits per heavy atom. The number of hydrogen-bond donors (Lipinski definition) is 2. The molecule has 0 radical (unpaired) electrons. The number of rotatable bonds is 6. The second kappa shape index (κ2) is 7.69. The molecule has 1 amide bonds. The van der Waals surface area contributed by atoms with Crippen LogP contribution in [-0.4, -0.2) is 32.8 Å². The summed E-state index contributed by atoms with van der Waals surface area (Å²) in [4.78, 5) is 12.3. The van der Waals surface area contributed by atoms with E-state index >= 15 is 0 Å². The summed E-state index contributed by atoms with van der Waals surface area (Å²) in [7, 11) is 3.13. The molecular weight excluding hydrogens is 336 g/mol. The van der Waals surface area contributed by atoms with Gasteiger partial charge in [0, 0.05) is 11.6 Å². The van der Waals surface area contributed by atoms with E-state index in [2.05, 4.69) is 17.4 Å². The fraction of sp³-hybridized carbons (Fsp3) is 0.211. The lowest BCUT2D eigenvalue weighted by Gasteiger charge is -2.26. The Balaban J connectivity index is 1.61. The number of benzene rings is 2. The number of fused-ring (bicyclic) bond motifs is 1. The van der Waals surface area contributed by atoms with E-state index in [1.54, 1.807) is 44.6 Å². The summed E-state index contributed by atoms with van der Waals surface area (Å²) in [6.07, 6.45) is -0.761. The van der Waals surface area contributed by atoms with Crippen molar-refractivity contribution in [2.75, 3.05) is 20.8 Å². The van der Waals surface area contributed by atoms with E-state index in [0.717, 1.165) is 0 Å². The molecule has 0 saturated heterocycles. The summed E-state index contributed by atoms with van der Waals surface area (Å²) in [5.74, 6) is 2.02. The van der Waals surface area contributed by atoms with Gasteiger partial charge in [-0.2, -0.15) is 0 Å². The van der Waals surface area contributed by atoms with Crippen molar-refractivity contribution in [2.24, 2.45) is 0 Å². The Kier molecular flexibility index (Phi) is 5.17. The molecule has 7 nitrogen and oxygen atoms in total. The van der Waals surface area contributed by atoms with Gasteiger partial charge in [-0.3, -0.25) is 15.6 Å². The van der Waals surface area contributed by atoms with Crippen molar-refractivity contribution in [3.8, 4) is 23.0 Å². The van der Waals surface area contributed by atoms with E-state index in [4.69, 9.17) is 18.9 Å². The number of carbonyl (C=O) groups excluding carboxylic acids is 1. The molecule has 2 aromatic carbocycles. The summed E-state index contributed by atoms with van der Waals surface area (Å²) in [5.41, 5.74) is 6.52. The van der Waals surface area contributed by atoms with E-state index < -0.39 is 6.10 Å². The van der Waals surface area contributed by atoms with E-state index in [0.29, 0.717) is 34.3 Å². The van der Waals surface area contributed by atoms with Gasteiger partial charge in [0.15, 0.2) is 11.5 Å². The van der Waals surface area contributed by atoms with Crippen LogP contribution in [0.4, 0.5) is 0 Å². The molecular formula is C19H20N2O5. The molecule has 0 aromatic heterocycles. The minimum absolute atomic E-state index is 0.128. The lowest BCUT2D eigenvalue weighted by molar-refractivity contribution is -0.131. The second-order valence-corrected chi connectivity index (χ2v) is 5.52. The zero-order chi connectivity index (χ0) is 18.5. The first kappa shape index (κ1) is 17.5. The first-order valence-corrected chi connectivity index (χ1v) is 7.98. The Hall–Kier alpha value is -3.35. The van der Waals surface area contributed by atoms with E-state index in [-0.39, 0.29) is 12.5 Å².